The molecular formula is C36H45NO15. The van der Waals surface area contributed by atoms with Crippen LogP contribution in [0.5, 0.6) is 0 Å². The SMILES string of the molecule is CC(=O)N[C@H]1[C@@H](OCc2ccccc2)O[C@H](COCc2ccccc2)[C@@H](O[C@H]2O[C@@H](COC(C)=O)[C@H](OC(C)=O)[C@@H](OC(C)=O)[C@@H]2OC(C)=O)[C@@H]1O. The number of aliphatic hydroxyl groups is 1. The molecule has 284 valence electrons. The van der Waals surface area contributed by atoms with E-state index in [0.717, 1.165) is 38.8 Å². The average molecular weight is 732 g/mol. The molecule has 52 heavy (non-hydrogen) atoms. The molecule has 0 unspecified atom stereocenters. The maximum atomic E-state index is 12.4. The lowest BCUT2D eigenvalue weighted by atomic mass is 9.95. The first-order chi connectivity index (χ1) is 24.8. The van der Waals surface area contributed by atoms with Gasteiger partial charge in [0.1, 0.15) is 37.1 Å². The molecule has 2 aliphatic rings. The van der Waals surface area contributed by atoms with Crippen LogP contribution in [0.3, 0.4) is 0 Å². The van der Waals surface area contributed by atoms with Crippen molar-refractivity contribution in [1.29, 1.82) is 0 Å². The molecule has 0 aliphatic carbocycles. The van der Waals surface area contributed by atoms with Crippen molar-refractivity contribution in [1.82, 2.24) is 5.32 Å². The van der Waals surface area contributed by atoms with Crippen LogP contribution in [0.25, 0.3) is 0 Å². The van der Waals surface area contributed by atoms with Gasteiger partial charge in [-0.3, -0.25) is 24.0 Å². The van der Waals surface area contributed by atoms with Gasteiger partial charge in [0.15, 0.2) is 30.9 Å². The van der Waals surface area contributed by atoms with Gasteiger partial charge in [-0.1, -0.05) is 60.7 Å². The summed E-state index contributed by atoms with van der Waals surface area (Å²) in [4.78, 5) is 61.1. The molecule has 0 spiro atoms. The van der Waals surface area contributed by atoms with Gasteiger partial charge in [-0.25, -0.2) is 0 Å². The number of benzene rings is 2. The van der Waals surface area contributed by atoms with Crippen molar-refractivity contribution in [2.24, 2.45) is 0 Å². The number of hydrogen-bond acceptors (Lipinski definition) is 15. The minimum absolute atomic E-state index is 0.0666. The third kappa shape index (κ3) is 11.8. The number of esters is 4. The van der Waals surface area contributed by atoms with Gasteiger partial charge in [0.2, 0.25) is 5.91 Å². The minimum Gasteiger partial charge on any atom is -0.463 e. The molecule has 2 saturated heterocycles. The summed E-state index contributed by atoms with van der Waals surface area (Å²) in [5, 5.41) is 14.6. The van der Waals surface area contributed by atoms with E-state index in [-0.39, 0.29) is 19.8 Å². The predicted octanol–water partition coefficient (Wildman–Crippen LogP) is 1.48. The third-order valence-electron chi connectivity index (χ3n) is 7.93. The van der Waals surface area contributed by atoms with Crippen LogP contribution in [0.15, 0.2) is 60.7 Å². The summed E-state index contributed by atoms with van der Waals surface area (Å²) in [5.41, 5.74) is 1.65. The van der Waals surface area contributed by atoms with Crippen LogP contribution in [-0.4, -0.2) is 109 Å². The zero-order chi connectivity index (χ0) is 37.8. The van der Waals surface area contributed by atoms with Crippen molar-refractivity contribution < 1.29 is 71.7 Å². The molecule has 2 aromatic rings. The van der Waals surface area contributed by atoms with Crippen molar-refractivity contribution in [3.8, 4) is 0 Å². The van der Waals surface area contributed by atoms with Gasteiger partial charge in [0.05, 0.1) is 19.8 Å². The molecule has 10 atom stereocenters. The molecule has 1 amide bonds. The number of ether oxygens (including phenoxy) is 9. The number of amides is 1. The van der Waals surface area contributed by atoms with Crippen molar-refractivity contribution in [2.45, 2.75) is 109 Å². The fourth-order valence-corrected chi connectivity index (χ4v) is 5.83. The quantitative estimate of drug-likeness (QED) is 0.197. The van der Waals surface area contributed by atoms with E-state index in [0.29, 0.717) is 0 Å². The fourth-order valence-electron chi connectivity index (χ4n) is 5.83. The van der Waals surface area contributed by atoms with Crippen LogP contribution >= 0.6 is 0 Å². The number of aliphatic hydroxyl groups excluding tert-OH is 1. The molecule has 2 fully saturated rings. The van der Waals surface area contributed by atoms with Gasteiger partial charge in [-0.2, -0.15) is 0 Å². The van der Waals surface area contributed by atoms with E-state index >= 15 is 0 Å². The zero-order valence-electron chi connectivity index (χ0n) is 29.5. The lowest BCUT2D eigenvalue weighted by Crippen LogP contribution is -2.68. The molecule has 0 bridgehead atoms. The Hall–Kier alpha value is -4.45. The van der Waals surface area contributed by atoms with E-state index in [1.165, 1.54) is 6.92 Å². The standard InChI is InChI=1S/C36H45NO15/c1-20(38)37-29-30(43)31(27(18-44-16-25-12-8-6-9-13-25)50-35(29)46-17-26-14-10-7-11-15-26)52-36-34(49-24(5)42)33(48-23(4)41)32(47-22(3)40)28(51-36)19-45-21(2)39/h6-15,27-36,43H,16-19H2,1-5H3,(H,37,38)/t27-,28+,29-,30-,31-,32+,33-,34+,35+,36-/m1/s1. The summed E-state index contributed by atoms with van der Waals surface area (Å²) < 4.78 is 52.6. The average Bonchev–Trinajstić information content (AvgIpc) is 3.08. The van der Waals surface area contributed by atoms with E-state index in [1.807, 2.05) is 60.7 Å². The maximum absolute atomic E-state index is 12.4. The molecule has 2 N–H and O–H groups in total. The van der Waals surface area contributed by atoms with E-state index in [1.54, 1.807) is 0 Å². The zero-order valence-corrected chi connectivity index (χ0v) is 29.5. The molecule has 2 heterocycles. The predicted molar refractivity (Wildman–Crippen MR) is 176 cm³/mol. The van der Waals surface area contributed by atoms with E-state index < -0.39 is 97.7 Å². The molecule has 0 radical (unpaired) electrons. The first kappa shape index (κ1) is 40.3. The fraction of sp³-hybridized carbons (Fsp3) is 0.528. The molecule has 0 aromatic heterocycles. The monoisotopic (exact) mass is 731 g/mol. The maximum Gasteiger partial charge on any atom is 0.303 e. The molecule has 0 saturated carbocycles. The lowest BCUT2D eigenvalue weighted by Gasteiger charge is -2.48. The van der Waals surface area contributed by atoms with Crippen LogP contribution in [0, 0.1) is 0 Å². The minimum atomic E-state index is -1.65. The Bertz CT molecular complexity index is 1490. The molecule has 4 rings (SSSR count). The van der Waals surface area contributed by atoms with E-state index in [2.05, 4.69) is 5.32 Å². The highest BCUT2D eigenvalue weighted by Crippen LogP contribution is 2.34. The summed E-state index contributed by atoms with van der Waals surface area (Å²) in [6, 6.07) is 17.3. The Morgan fingerprint density at radius 1 is 0.635 bits per heavy atom. The van der Waals surface area contributed by atoms with Crippen molar-refractivity contribution in [3.05, 3.63) is 71.8 Å². The van der Waals surface area contributed by atoms with Crippen LogP contribution in [-0.2, 0) is 79.8 Å². The smallest absolute Gasteiger partial charge is 0.303 e. The second kappa shape index (κ2) is 19.4. The third-order valence-corrected chi connectivity index (χ3v) is 7.93. The highest BCUT2D eigenvalue weighted by atomic mass is 16.8. The van der Waals surface area contributed by atoms with Crippen LogP contribution in [0.2, 0.25) is 0 Å². The summed E-state index contributed by atoms with van der Waals surface area (Å²) >= 11 is 0. The van der Waals surface area contributed by atoms with Crippen LogP contribution < -0.4 is 5.32 Å². The van der Waals surface area contributed by atoms with Crippen LogP contribution in [0.1, 0.15) is 45.7 Å². The highest BCUT2D eigenvalue weighted by molar-refractivity contribution is 5.73. The number of carbonyl (C=O) groups excluding carboxylic acids is 5. The number of rotatable bonds is 15. The van der Waals surface area contributed by atoms with Crippen molar-refractivity contribution >= 4 is 29.8 Å². The second-order valence-corrected chi connectivity index (χ2v) is 12.2. The lowest BCUT2D eigenvalue weighted by molar-refractivity contribution is -0.351. The van der Waals surface area contributed by atoms with Gasteiger partial charge in [0.25, 0.3) is 0 Å². The van der Waals surface area contributed by atoms with Gasteiger partial charge in [-0.15, -0.1) is 0 Å². The Labute approximate surface area is 300 Å². The number of hydrogen-bond donors (Lipinski definition) is 2. The summed E-state index contributed by atoms with van der Waals surface area (Å²) in [5.74, 6) is -3.67. The summed E-state index contributed by atoms with van der Waals surface area (Å²) in [7, 11) is 0. The normalized spacial score (nSPS) is 28.6. The van der Waals surface area contributed by atoms with Gasteiger partial charge in [-0.05, 0) is 11.1 Å². The van der Waals surface area contributed by atoms with Gasteiger partial charge >= 0.3 is 23.9 Å². The molecule has 16 nitrogen and oxygen atoms in total. The molecule has 2 aliphatic heterocycles. The largest absolute Gasteiger partial charge is 0.463 e. The topological polar surface area (TPSA) is 201 Å². The number of carbonyl (C=O) groups is 5. The molecule has 2 aromatic carbocycles. The van der Waals surface area contributed by atoms with Crippen molar-refractivity contribution in [3.63, 3.8) is 0 Å². The molecular weight excluding hydrogens is 686 g/mol. The van der Waals surface area contributed by atoms with Crippen LogP contribution in [0.4, 0.5) is 0 Å². The Morgan fingerprint density at radius 3 is 1.71 bits per heavy atom. The molecule has 16 heteroatoms. The highest BCUT2D eigenvalue weighted by Gasteiger charge is 2.56. The first-order valence-electron chi connectivity index (χ1n) is 16.7. The summed E-state index contributed by atoms with van der Waals surface area (Å²) in [6.45, 7) is 5.26. The Morgan fingerprint density at radius 2 is 1.15 bits per heavy atom. The first-order valence-corrected chi connectivity index (χ1v) is 16.7. The Kier molecular flexibility index (Phi) is 15.0. The Balaban J connectivity index is 1.70. The van der Waals surface area contributed by atoms with Crippen molar-refractivity contribution in [2.75, 3.05) is 13.2 Å². The van der Waals surface area contributed by atoms with Gasteiger partial charge < -0.3 is 53.1 Å². The second-order valence-electron chi connectivity index (χ2n) is 12.2. The van der Waals surface area contributed by atoms with Gasteiger partial charge in [0, 0.05) is 34.6 Å². The summed E-state index contributed by atoms with van der Waals surface area (Å²) in [6.07, 6.45) is -12.7. The number of nitrogens with one attached hydrogen (secondary N) is 1. The van der Waals surface area contributed by atoms with E-state index in [9.17, 15) is 29.1 Å². The van der Waals surface area contributed by atoms with E-state index in [4.69, 9.17) is 42.6 Å².